The fraction of sp³-hybridized carbons (Fsp3) is 0.406. The maximum absolute atomic E-state index is 13.3. The van der Waals surface area contributed by atoms with E-state index in [-0.39, 0.29) is 23.6 Å². The van der Waals surface area contributed by atoms with Gasteiger partial charge >= 0.3 is 6.09 Å². The molecule has 1 saturated carbocycles. The zero-order valence-corrected chi connectivity index (χ0v) is 25.2. The quantitative estimate of drug-likeness (QED) is 0.307. The minimum absolute atomic E-state index is 0.0206. The lowest BCUT2D eigenvalue weighted by Gasteiger charge is -2.36. The molecule has 1 fully saturated rings. The monoisotopic (exact) mass is 583 g/mol. The van der Waals surface area contributed by atoms with Crippen LogP contribution in [0, 0.1) is 0 Å². The highest BCUT2D eigenvalue weighted by Gasteiger charge is 2.50. The average Bonchev–Trinajstić information content (AvgIpc) is 3.64. The molecular formula is C32H37N7O4. The number of amides is 1. The Morgan fingerprint density at radius 1 is 1.16 bits per heavy atom. The average molecular weight is 584 g/mol. The number of allylic oxidation sites excluding steroid dienone is 1. The third-order valence-electron chi connectivity index (χ3n) is 7.85. The second-order valence-electron chi connectivity index (χ2n) is 13.0. The van der Waals surface area contributed by atoms with Crippen molar-refractivity contribution in [3.63, 3.8) is 0 Å². The normalized spacial score (nSPS) is 15.8. The molecule has 0 radical (unpaired) electrons. The van der Waals surface area contributed by atoms with Crippen LogP contribution in [0.4, 0.5) is 16.4 Å². The lowest BCUT2D eigenvalue weighted by Crippen LogP contribution is -2.44. The molecule has 1 aliphatic carbocycles. The molecule has 224 valence electrons. The summed E-state index contributed by atoms with van der Waals surface area (Å²) in [7, 11) is 0. The second-order valence-corrected chi connectivity index (χ2v) is 13.0. The maximum atomic E-state index is 13.3. The van der Waals surface area contributed by atoms with Gasteiger partial charge in [0.25, 0.3) is 5.56 Å². The number of carbonyl (C=O) groups is 1. The van der Waals surface area contributed by atoms with Crippen LogP contribution in [0.5, 0.6) is 0 Å². The van der Waals surface area contributed by atoms with E-state index in [1.807, 2.05) is 32.9 Å². The van der Waals surface area contributed by atoms with E-state index in [0.29, 0.717) is 41.6 Å². The molecule has 4 heterocycles. The van der Waals surface area contributed by atoms with Crippen LogP contribution in [0.3, 0.4) is 0 Å². The summed E-state index contributed by atoms with van der Waals surface area (Å²) in [6.07, 6.45) is 4.90. The van der Waals surface area contributed by atoms with Crippen LogP contribution in [0.25, 0.3) is 16.9 Å². The molecule has 0 bridgehead atoms. The Morgan fingerprint density at radius 2 is 1.93 bits per heavy atom. The first kappa shape index (κ1) is 28.6. The van der Waals surface area contributed by atoms with Crippen molar-refractivity contribution < 1.29 is 14.6 Å². The predicted octanol–water partition coefficient (Wildman–Crippen LogP) is 4.92. The van der Waals surface area contributed by atoms with E-state index in [9.17, 15) is 14.7 Å². The van der Waals surface area contributed by atoms with E-state index in [1.54, 1.807) is 47.7 Å². The van der Waals surface area contributed by atoms with E-state index in [0.717, 1.165) is 24.1 Å². The zero-order chi connectivity index (χ0) is 30.7. The maximum Gasteiger partial charge on any atom is 0.410 e. The van der Waals surface area contributed by atoms with Gasteiger partial charge in [0.1, 0.15) is 16.6 Å². The van der Waals surface area contributed by atoms with Gasteiger partial charge in [-0.3, -0.25) is 4.79 Å². The number of rotatable bonds is 6. The van der Waals surface area contributed by atoms with Gasteiger partial charge in [-0.2, -0.15) is 4.98 Å². The van der Waals surface area contributed by atoms with Gasteiger partial charge in [0.2, 0.25) is 5.95 Å². The summed E-state index contributed by atoms with van der Waals surface area (Å²) < 4.78 is 8.80. The number of anilines is 2. The molecule has 1 amide bonds. The molecular weight excluding hydrogens is 546 g/mol. The van der Waals surface area contributed by atoms with E-state index in [1.165, 1.54) is 16.4 Å². The highest BCUT2D eigenvalue weighted by atomic mass is 16.6. The number of hydrogen-bond acceptors (Lipinski definition) is 8. The van der Waals surface area contributed by atoms with Gasteiger partial charge in [0, 0.05) is 30.4 Å². The fourth-order valence-electron chi connectivity index (χ4n) is 5.69. The number of nitrogens with one attached hydrogen (secondary N) is 1. The van der Waals surface area contributed by atoms with Gasteiger partial charge in [-0.15, -0.1) is 6.58 Å². The van der Waals surface area contributed by atoms with Crippen molar-refractivity contribution in [2.24, 2.45) is 0 Å². The number of fused-ring (bicyclic) bond motifs is 3. The highest BCUT2D eigenvalue weighted by molar-refractivity contribution is 5.77. The van der Waals surface area contributed by atoms with Crippen molar-refractivity contribution >= 4 is 28.8 Å². The second kappa shape index (κ2) is 10.0. The molecule has 43 heavy (non-hydrogen) atoms. The Labute approximate surface area is 249 Å². The van der Waals surface area contributed by atoms with Crippen LogP contribution >= 0.6 is 0 Å². The molecule has 0 saturated heterocycles. The van der Waals surface area contributed by atoms with Gasteiger partial charge in [-0.1, -0.05) is 18.2 Å². The molecule has 11 heteroatoms. The van der Waals surface area contributed by atoms with E-state index >= 15 is 0 Å². The van der Waals surface area contributed by atoms with E-state index in [4.69, 9.17) is 9.72 Å². The van der Waals surface area contributed by atoms with Crippen LogP contribution in [0.1, 0.15) is 64.3 Å². The summed E-state index contributed by atoms with van der Waals surface area (Å²) in [6.45, 7) is 14.1. The summed E-state index contributed by atoms with van der Waals surface area (Å²) >= 11 is 0. The van der Waals surface area contributed by atoms with Gasteiger partial charge < -0.3 is 20.1 Å². The molecule has 0 unspecified atom stereocenters. The molecule has 1 aliphatic heterocycles. The Kier molecular flexibility index (Phi) is 6.68. The molecule has 6 rings (SSSR count). The predicted molar refractivity (Wildman–Crippen MR) is 164 cm³/mol. The first-order valence-electron chi connectivity index (χ1n) is 14.5. The zero-order valence-electron chi connectivity index (χ0n) is 25.2. The van der Waals surface area contributed by atoms with Crippen molar-refractivity contribution in [1.29, 1.82) is 0 Å². The van der Waals surface area contributed by atoms with Gasteiger partial charge in [0.15, 0.2) is 11.5 Å². The lowest BCUT2D eigenvalue weighted by atomic mass is 9.87. The first-order valence-corrected chi connectivity index (χ1v) is 14.5. The molecule has 4 aromatic rings. The Morgan fingerprint density at radius 3 is 2.60 bits per heavy atom. The third kappa shape index (κ3) is 5.40. The minimum Gasteiger partial charge on any atom is -0.444 e. The van der Waals surface area contributed by atoms with Crippen molar-refractivity contribution in [3.05, 3.63) is 82.4 Å². The standard InChI is InChI=1S/C32H37N7O4/c1-7-15-38-27(40)22-17-33-28(36-26(22)39(38)25-10-8-9-24(35-25)31(5,6)42)34-21-11-12-23-20(16-21)18-37(19-32(23)13-14-32)29(41)43-30(2,3)4/h7-12,16-17,42H,1,13-15,18-19H2,2-6H3,(H,33,34,36). The van der Waals surface area contributed by atoms with Crippen LogP contribution in [0.15, 0.2) is 60.0 Å². The molecule has 3 aromatic heterocycles. The van der Waals surface area contributed by atoms with Crippen LogP contribution in [-0.4, -0.2) is 52.6 Å². The number of pyridine rings is 1. The number of hydrogen-bond donors (Lipinski definition) is 2. The molecule has 0 atom stereocenters. The van der Waals surface area contributed by atoms with Crippen molar-refractivity contribution in [2.75, 3.05) is 11.9 Å². The number of aromatic nitrogens is 5. The first-order chi connectivity index (χ1) is 20.3. The summed E-state index contributed by atoms with van der Waals surface area (Å²) in [5.74, 6) is 0.737. The van der Waals surface area contributed by atoms with E-state index in [2.05, 4.69) is 27.9 Å². The number of aliphatic hydroxyl groups is 1. The van der Waals surface area contributed by atoms with Crippen molar-refractivity contribution in [2.45, 2.75) is 77.2 Å². The number of benzene rings is 1. The fourth-order valence-corrected chi connectivity index (χ4v) is 5.69. The molecule has 2 N–H and O–H groups in total. The van der Waals surface area contributed by atoms with Gasteiger partial charge in [-0.25, -0.2) is 24.1 Å². The Balaban J connectivity index is 1.36. The number of ether oxygens (including phenoxy) is 1. The summed E-state index contributed by atoms with van der Waals surface area (Å²) in [5, 5.41) is 14.2. The van der Waals surface area contributed by atoms with Crippen LogP contribution < -0.4 is 10.9 Å². The SMILES string of the molecule is C=CCn1c(=O)c2cnc(Nc3ccc4c(c3)CN(C(=O)OC(C)(C)C)CC43CC3)nc2n1-c1cccc(C(C)(C)O)n1. The molecule has 2 aliphatic rings. The minimum atomic E-state index is -1.17. The Bertz CT molecular complexity index is 1810. The number of nitrogens with zero attached hydrogens (tertiary/aromatic N) is 6. The van der Waals surface area contributed by atoms with E-state index < -0.39 is 11.2 Å². The summed E-state index contributed by atoms with van der Waals surface area (Å²) in [4.78, 5) is 41.9. The highest BCUT2D eigenvalue weighted by Crippen LogP contribution is 2.53. The van der Waals surface area contributed by atoms with Gasteiger partial charge in [0.05, 0.1) is 12.2 Å². The summed E-state index contributed by atoms with van der Waals surface area (Å²) in [6, 6.07) is 11.4. The third-order valence-corrected chi connectivity index (χ3v) is 7.85. The van der Waals surface area contributed by atoms with Crippen molar-refractivity contribution in [1.82, 2.24) is 29.2 Å². The molecule has 1 spiro atoms. The molecule has 11 nitrogen and oxygen atoms in total. The Hall–Kier alpha value is -4.51. The largest absolute Gasteiger partial charge is 0.444 e. The van der Waals surface area contributed by atoms with Crippen LogP contribution in [-0.2, 0) is 28.8 Å². The van der Waals surface area contributed by atoms with Crippen LogP contribution in [0.2, 0.25) is 0 Å². The molecule has 1 aromatic carbocycles. The lowest BCUT2D eigenvalue weighted by molar-refractivity contribution is 0.0196. The smallest absolute Gasteiger partial charge is 0.410 e. The summed E-state index contributed by atoms with van der Waals surface area (Å²) in [5.41, 5.74) is 1.89. The van der Waals surface area contributed by atoms with Crippen molar-refractivity contribution in [3.8, 4) is 5.82 Å². The number of carbonyl (C=O) groups excluding carboxylic acids is 1. The van der Waals surface area contributed by atoms with Gasteiger partial charge in [-0.05, 0) is 82.9 Å². The topological polar surface area (TPSA) is 127 Å².